The van der Waals surface area contributed by atoms with E-state index in [4.69, 9.17) is 4.74 Å². The summed E-state index contributed by atoms with van der Waals surface area (Å²) < 4.78 is 35.0. The molecule has 0 saturated heterocycles. The summed E-state index contributed by atoms with van der Waals surface area (Å²) in [5.41, 5.74) is 1.64. The summed E-state index contributed by atoms with van der Waals surface area (Å²) in [6.45, 7) is 2.95. The molecular weight excluding hydrogens is 378 g/mol. The van der Waals surface area contributed by atoms with E-state index < -0.39 is 5.82 Å². The normalized spacial score (nSPS) is 12.9. The number of anilines is 1. The largest absolute Gasteiger partial charge is 0.493 e. The van der Waals surface area contributed by atoms with Crippen molar-refractivity contribution in [2.24, 2.45) is 0 Å². The Balaban J connectivity index is 1.65. The van der Waals surface area contributed by atoms with Gasteiger partial charge in [0.05, 0.1) is 18.4 Å². The van der Waals surface area contributed by atoms with Gasteiger partial charge in [0.2, 0.25) is 5.95 Å². The molecule has 0 saturated carbocycles. The molecule has 3 heterocycles. The first kappa shape index (κ1) is 19.0. The van der Waals surface area contributed by atoms with Gasteiger partial charge in [-0.05, 0) is 38.0 Å². The van der Waals surface area contributed by atoms with Crippen molar-refractivity contribution in [1.82, 2.24) is 14.5 Å². The minimum Gasteiger partial charge on any atom is -0.493 e. The van der Waals surface area contributed by atoms with Gasteiger partial charge in [-0.2, -0.15) is 0 Å². The molecular formula is C21H20F2N4O2. The Morgan fingerprint density at radius 1 is 1.24 bits per heavy atom. The van der Waals surface area contributed by atoms with Crippen LogP contribution in [0.5, 0.6) is 5.75 Å². The standard InChI is InChI=1S/C21H20F2N4O2/c1-2-27-20(28)16(13-8-14(22)10-24-9-13)11-25-21(27)26-12-17-15-4-3-7-29-19(15)6-5-18(17)23/h5-6,8-11H,2-4,7,12H2,1H3,(H,25,26). The number of nitrogens with one attached hydrogen (secondary N) is 1. The zero-order valence-corrected chi connectivity index (χ0v) is 15.9. The van der Waals surface area contributed by atoms with Gasteiger partial charge in [-0.15, -0.1) is 0 Å². The topological polar surface area (TPSA) is 69.0 Å². The summed E-state index contributed by atoms with van der Waals surface area (Å²) in [6, 6.07) is 4.28. The van der Waals surface area contributed by atoms with Gasteiger partial charge in [0.1, 0.15) is 17.4 Å². The maximum Gasteiger partial charge on any atom is 0.262 e. The number of halogens is 2. The van der Waals surface area contributed by atoms with Gasteiger partial charge in [0, 0.05) is 42.2 Å². The van der Waals surface area contributed by atoms with E-state index in [2.05, 4.69) is 15.3 Å². The zero-order chi connectivity index (χ0) is 20.4. The van der Waals surface area contributed by atoms with E-state index in [9.17, 15) is 13.6 Å². The van der Waals surface area contributed by atoms with Crippen LogP contribution in [0.25, 0.3) is 11.1 Å². The second-order valence-electron chi connectivity index (χ2n) is 6.74. The Bertz CT molecular complexity index is 1110. The minimum atomic E-state index is -0.529. The SMILES string of the molecule is CCn1c(NCc2c(F)ccc3c2CCCO3)ncc(-c2cncc(F)c2)c1=O. The van der Waals surface area contributed by atoms with Crippen LogP contribution >= 0.6 is 0 Å². The van der Waals surface area contributed by atoms with Gasteiger partial charge in [-0.3, -0.25) is 14.3 Å². The highest BCUT2D eigenvalue weighted by molar-refractivity contribution is 5.61. The van der Waals surface area contributed by atoms with E-state index >= 15 is 0 Å². The van der Waals surface area contributed by atoms with Gasteiger partial charge in [0.15, 0.2) is 0 Å². The van der Waals surface area contributed by atoms with Gasteiger partial charge < -0.3 is 10.1 Å². The lowest BCUT2D eigenvalue weighted by molar-refractivity contribution is 0.286. The van der Waals surface area contributed by atoms with Crippen LogP contribution in [-0.4, -0.2) is 21.1 Å². The molecule has 3 aromatic rings. The predicted octanol–water partition coefficient (Wildman–Crippen LogP) is 3.54. The first-order chi connectivity index (χ1) is 14.1. The van der Waals surface area contributed by atoms with E-state index in [1.165, 1.54) is 29.1 Å². The van der Waals surface area contributed by atoms with E-state index in [1.54, 1.807) is 13.0 Å². The molecule has 4 rings (SSSR count). The van der Waals surface area contributed by atoms with E-state index in [0.29, 0.717) is 36.0 Å². The van der Waals surface area contributed by atoms with Crippen molar-refractivity contribution in [3.63, 3.8) is 0 Å². The molecule has 150 valence electrons. The van der Waals surface area contributed by atoms with Crippen LogP contribution in [0.2, 0.25) is 0 Å². The second kappa shape index (κ2) is 7.98. The Morgan fingerprint density at radius 2 is 2.10 bits per heavy atom. The number of nitrogens with zero attached hydrogens (tertiary/aromatic N) is 3. The van der Waals surface area contributed by atoms with Crippen molar-refractivity contribution in [1.29, 1.82) is 0 Å². The Morgan fingerprint density at radius 3 is 2.90 bits per heavy atom. The molecule has 0 bridgehead atoms. The number of hydrogen-bond acceptors (Lipinski definition) is 5. The summed E-state index contributed by atoms with van der Waals surface area (Å²) >= 11 is 0. The lowest BCUT2D eigenvalue weighted by Crippen LogP contribution is -2.26. The fourth-order valence-electron chi connectivity index (χ4n) is 3.53. The van der Waals surface area contributed by atoms with E-state index in [0.717, 1.165) is 24.6 Å². The smallest absolute Gasteiger partial charge is 0.262 e. The van der Waals surface area contributed by atoms with Crippen LogP contribution in [-0.2, 0) is 19.5 Å². The molecule has 0 spiro atoms. The molecule has 0 atom stereocenters. The van der Waals surface area contributed by atoms with Gasteiger partial charge in [0.25, 0.3) is 5.56 Å². The van der Waals surface area contributed by atoms with Crippen molar-refractivity contribution in [3.8, 4) is 16.9 Å². The highest BCUT2D eigenvalue weighted by Gasteiger charge is 2.19. The van der Waals surface area contributed by atoms with Crippen molar-refractivity contribution in [3.05, 3.63) is 69.9 Å². The summed E-state index contributed by atoms with van der Waals surface area (Å²) in [5, 5.41) is 3.07. The third-order valence-corrected chi connectivity index (χ3v) is 4.96. The maximum atomic E-state index is 14.4. The molecule has 1 aliphatic heterocycles. The van der Waals surface area contributed by atoms with Gasteiger partial charge in [-0.25, -0.2) is 13.8 Å². The van der Waals surface area contributed by atoms with E-state index in [-0.39, 0.29) is 23.5 Å². The Kier molecular flexibility index (Phi) is 5.24. The Hall–Kier alpha value is -3.29. The maximum absolute atomic E-state index is 14.4. The molecule has 0 amide bonds. The third-order valence-electron chi connectivity index (χ3n) is 4.96. The lowest BCUT2D eigenvalue weighted by atomic mass is 9.99. The molecule has 0 fully saturated rings. The van der Waals surface area contributed by atoms with E-state index in [1.807, 2.05) is 0 Å². The summed E-state index contributed by atoms with van der Waals surface area (Å²) in [4.78, 5) is 21.0. The molecule has 1 aromatic carbocycles. The fraction of sp³-hybridized carbons (Fsp3) is 0.286. The number of rotatable bonds is 5. The first-order valence-corrected chi connectivity index (χ1v) is 9.46. The molecule has 0 unspecified atom stereocenters. The number of hydrogen-bond donors (Lipinski definition) is 1. The van der Waals surface area contributed by atoms with Crippen LogP contribution in [0.15, 0.2) is 41.6 Å². The highest BCUT2D eigenvalue weighted by Crippen LogP contribution is 2.30. The van der Waals surface area contributed by atoms with Crippen LogP contribution < -0.4 is 15.6 Å². The fourth-order valence-corrected chi connectivity index (χ4v) is 3.53. The number of aromatic nitrogens is 3. The summed E-state index contributed by atoms with van der Waals surface area (Å²) in [5.74, 6) is 0.164. The number of ether oxygens (including phenoxy) is 1. The lowest BCUT2D eigenvalue weighted by Gasteiger charge is -2.21. The average molecular weight is 398 g/mol. The molecule has 0 radical (unpaired) electrons. The molecule has 1 N–H and O–H groups in total. The van der Waals surface area contributed by atoms with Gasteiger partial charge in [-0.1, -0.05) is 0 Å². The number of fused-ring (bicyclic) bond motifs is 1. The molecule has 1 aliphatic rings. The van der Waals surface area contributed by atoms with Crippen molar-refractivity contribution < 1.29 is 13.5 Å². The number of pyridine rings is 1. The third kappa shape index (κ3) is 3.70. The van der Waals surface area contributed by atoms with Crippen LogP contribution in [0.4, 0.5) is 14.7 Å². The Labute approximate surface area is 166 Å². The molecule has 6 nitrogen and oxygen atoms in total. The van der Waals surface area contributed by atoms with Crippen LogP contribution in [0.3, 0.4) is 0 Å². The number of benzene rings is 1. The molecule has 8 heteroatoms. The monoisotopic (exact) mass is 398 g/mol. The van der Waals surface area contributed by atoms with Gasteiger partial charge >= 0.3 is 0 Å². The van der Waals surface area contributed by atoms with Crippen molar-refractivity contribution in [2.45, 2.75) is 32.9 Å². The first-order valence-electron chi connectivity index (χ1n) is 9.46. The van der Waals surface area contributed by atoms with Crippen LogP contribution in [0, 0.1) is 11.6 Å². The summed E-state index contributed by atoms with van der Waals surface area (Å²) in [7, 11) is 0. The van der Waals surface area contributed by atoms with Crippen LogP contribution in [0.1, 0.15) is 24.5 Å². The molecule has 0 aliphatic carbocycles. The predicted molar refractivity (Wildman–Crippen MR) is 105 cm³/mol. The molecule has 2 aromatic heterocycles. The zero-order valence-electron chi connectivity index (χ0n) is 15.9. The minimum absolute atomic E-state index is 0.172. The average Bonchev–Trinajstić information content (AvgIpc) is 2.73. The quantitative estimate of drug-likeness (QED) is 0.712. The second-order valence-corrected chi connectivity index (χ2v) is 6.74. The van der Waals surface area contributed by atoms with Crippen molar-refractivity contribution in [2.75, 3.05) is 11.9 Å². The van der Waals surface area contributed by atoms with Crippen molar-refractivity contribution >= 4 is 5.95 Å². The highest BCUT2D eigenvalue weighted by atomic mass is 19.1. The molecule has 29 heavy (non-hydrogen) atoms. The summed E-state index contributed by atoms with van der Waals surface area (Å²) in [6.07, 6.45) is 5.44.